The Hall–Kier alpha value is -1.65. The van der Waals surface area contributed by atoms with Gasteiger partial charge in [-0.05, 0) is 35.6 Å². The summed E-state index contributed by atoms with van der Waals surface area (Å²) in [5, 5.41) is 15.6. The number of hydrogen-bond donors (Lipinski definition) is 2. The van der Waals surface area contributed by atoms with Crippen molar-refractivity contribution in [3.05, 3.63) is 51.7 Å². The van der Waals surface area contributed by atoms with E-state index < -0.39 is 0 Å². The fourth-order valence-electron chi connectivity index (χ4n) is 1.54. The van der Waals surface area contributed by atoms with E-state index in [-0.39, 0.29) is 12.5 Å². The van der Waals surface area contributed by atoms with Crippen molar-refractivity contribution in [1.82, 2.24) is 0 Å². The topological polar surface area (TPSA) is 49.3 Å². The molecule has 2 N–H and O–H groups in total. The highest BCUT2D eigenvalue weighted by molar-refractivity contribution is 7.08. The smallest absolute Gasteiger partial charge is 0.256 e. The highest BCUT2D eigenvalue weighted by Crippen LogP contribution is 2.17. The van der Waals surface area contributed by atoms with Crippen molar-refractivity contribution in [2.75, 3.05) is 5.32 Å². The zero-order valence-electron chi connectivity index (χ0n) is 9.43. The fourth-order valence-corrected chi connectivity index (χ4v) is 2.37. The Balaban J connectivity index is 2.16. The molecule has 0 fully saturated rings. The van der Waals surface area contributed by atoms with Crippen molar-refractivity contribution in [2.45, 2.75) is 13.5 Å². The number of benzene rings is 1. The van der Waals surface area contributed by atoms with Crippen LogP contribution in [0.3, 0.4) is 0 Å². The third kappa shape index (κ3) is 2.72. The minimum absolute atomic E-state index is 0.0266. The fraction of sp³-hybridized carbons (Fsp3) is 0.154. The van der Waals surface area contributed by atoms with Gasteiger partial charge in [0.2, 0.25) is 0 Å². The van der Waals surface area contributed by atoms with Crippen molar-refractivity contribution in [1.29, 1.82) is 0 Å². The van der Waals surface area contributed by atoms with Gasteiger partial charge in [-0.15, -0.1) is 0 Å². The Morgan fingerprint density at radius 3 is 2.88 bits per heavy atom. The zero-order chi connectivity index (χ0) is 12.3. The molecule has 0 atom stereocenters. The van der Waals surface area contributed by atoms with Crippen molar-refractivity contribution >= 4 is 22.9 Å². The molecule has 2 rings (SSSR count). The maximum atomic E-state index is 11.9. The minimum atomic E-state index is -0.112. The van der Waals surface area contributed by atoms with Crippen molar-refractivity contribution in [3.8, 4) is 0 Å². The summed E-state index contributed by atoms with van der Waals surface area (Å²) in [7, 11) is 0. The Morgan fingerprint density at radius 1 is 1.41 bits per heavy atom. The third-order valence-electron chi connectivity index (χ3n) is 2.47. The summed E-state index contributed by atoms with van der Waals surface area (Å²) in [5.41, 5.74) is 3.16. The molecule has 0 spiro atoms. The molecular weight excluding hydrogens is 234 g/mol. The first-order valence-corrected chi connectivity index (χ1v) is 6.19. The predicted molar refractivity (Wildman–Crippen MR) is 69.4 cm³/mol. The summed E-state index contributed by atoms with van der Waals surface area (Å²) in [6.45, 7) is 1.89. The lowest BCUT2D eigenvalue weighted by Gasteiger charge is -2.06. The van der Waals surface area contributed by atoms with Crippen LogP contribution in [0.1, 0.15) is 21.5 Å². The van der Waals surface area contributed by atoms with Gasteiger partial charge in [-0.1, -0.05) is 12.1 Å². The Labute approximate surface area is 104 Å². The lowest BCUT2D eigenvalue weighted by molar-refractivity contribution is 0.102. The highest BCUT2D eigenvalue weighted by atomic mass is 32.1. The summed E-state index contributed by atoms with van der Waals surface area (Å²) in [6, 6.07) is 7.19. The zero-order valence-corrected chi connectivity index (χ0v) is 10.3. The van der Waals surface area contributed by atoms with Crippen LogP contribution in [0.4, 0.5) is 5.69 Å². The SMILES string of the molecule is Cc1cscc1C(=O)Nc1cccc(CO)c1. The molecule has 0 radical (unpaired) electrons. The second-order valence-electron chi connectivity index (χ2n) is 3.78. The standard InChI is InChI=1S/C13H13NO2S/c1-9-7-17-8-12(9)13(16)14-11-4-2-3-10(5-11)6-15/h2-5,7-8,15H,6H2,1H3,(H,14,16). The number of thiophene rings is 1. The van der Waals surface area contributed by atoms with E-state index in [1.165, 1.54) is 11.3 Å². The largest absolute Gasteiger partial charge is 0.392 e. The van der Waals surface area contributed by atoms with Gasteiger partial charge in [-0.25, -0.2) is 0 Å². The van der Waals surface area contributed by atoms with E-state index >= 15 is 0 Å². The number of rotatable bonds is 3. The molecule has 4 heteroatoms. The molecule has 0 bridgehead atoms. The Kier molecular flexibility index (Phi) is 3.56. The van der Waals surface area contributed by atoms with E-state index in [2.05, 4.69) is 5.32 Å². The van der Waals surface area contributed by atoms with Gasteiger partial charge in [0.15, 0.2) is 0 Å². The van der Waals surface area contributed by atoms with E-state index in [4.69, 9.17) is 5.11 Å². The van der Waals surface area contributed by atoms with Gasteiger partial charge in [0, 0.05) is 11.1 Å². The molecule has 1 amide bonds. The molecule has 0 aliphatic carbocycles. The van der Waals surface area contributed by atoms with Crippen LogP contribution in [0.15, 0.2) is 35.0 Å². The number of carbonyl (C=O) groups excluding carboxylic acids is 1. The Bertz CT molecular complexity index is 534. The van der Waals surface area contributed by atoms with Gasteiger partial charge in [-0.2, -0.15) is 11.3 Å². The average Bonchev–Trinajstić information content (AvgIpc) is 2.76. The molecule has 0 aliphatic heterocycles. The molecule has 0 saturated heterocycles. The van der Waals surface area contributed by atoms with Gasteiger partial charge in [0.05, 0.1) is 12.2 Å². The molecule has 1 aromatic heterocycles. The van der Waals surface area contributed by atoms with Crippen molar-refractivity contribution in [2.24, 2.45) is 0 Å². The predicted octanol–water partition coefficient (Wildman–Crippen LogP) is 2.80. The number of nitrogens with one attached hydrogen (secondary N) is 1. The second kappa shape index (κ2) is 5.12. The molecular formula is C13H13NO2S. The van der Waals surface area contributed by atoms with Crippen LogP contribution in [0, 0.1) is 6.92 Å². The first-order valence-electron chi connectivity index (χ1n) is 5.24. The molecule has 1 aromatic carbocycles. The average molecular weight is 247 g/mol. The quantitative estimate of drug-likeness (QED) is 0.876. The first-order chi connectivity index (χ1) is 8.20. The number of aliphatic hydroxyl groups is 1. The summed E-state index contributed by atoms with van der Waals surface area (Å²) in [4.78, 5) is 11.9. The van der Waals surface area contributed by atoms with E-state index in [9.17, 15) is 4.79 Å². The monoisotopic (exact) mass is 247 g/mol. The lowest BCUT2D eigenvalue weighted by atomic mass is 10.2. The summed E-state index contributed by atoms with van der Waals surface area (Å²) >= 11 is 1.51. The molecule has 1 heterocycles. The minimum Gasteiger partial charge on any atom is -0.392 e. The molecule has 3 nitrogen and oxygen atoms in total. The first kappa shape index (κ1) is 11.8. The van der Waals surface area contributed by atoms with Crippen LogP contribution in [0.25, 0.3) is 0 Å². The van der Waals surface area contributed by atoms with E-state index in [1.807, 2.05) is 29.8 Å². The molecule has 0 saturated carbocycles. The molecule has 0 unspecified atom stereocenters. The van der Waals surface area contributed by atoms with Crippen molar-refractivity contribution in [3.63, 3.8) is 0 Å². The van der Waals surface area contributed by atoms with Crippen molar-refractivity contribution < 1.29 is 9.90 Å². The molecule has 0 aliphatic rings. The van der Waals surface area contributed by atoms with Gasteiger partial charge >= 0.3 is 0 Å². The number of aryl methyl sites for hydroxylation is 1. The van der Waals surface area contributed by atoms with Crippen LogP contribution < -0.4 is 5.32 Å². The molecule has 17 heavy (non-hydrogen) atoms. The number of aliphatic hydroxyl groups excluding tert-OH is 1. The van der Waals surface area contributed by atoms with E-state index in [0.29, 0.717) is 11.3 Å². The normalized spacial score (nSPS) is 10.2. The van der Waals surface area contributed by atoms with Crippen LogP contribution >= 0.6 is 11.3 Å². The lowest BCUT2D eigenvalue weighted by Crippen LogP contribution is -2.12. The second-order valence-corrected chi connectivity index (χ2v) is 4.52. The van der Waals surface area contributed by atoms with Gasteiger partial charge in [0.1, 0.15) is 0 Å². The van der Waals surface area contributed by atoms with Gasteiger partial charge in [-0.3, -0.25) is 4.79 Å². The number of carbonyl (C=O) groups is 1. The van der Waals surface area contributed by atoms with Crippen LogP contribution in [0.5, 0.6) is 0 Å². The van der Waals surface area contributed by atoms with Crippen LogP contribution in [-0.4, -0.2) is 11.0 Å². The maximum Gasteiger partial charge on any atom is 0.256 e. The maximum absolute atomic E-state index is 11.9. The molecule has 88 valence electrons. The number of hydrogen-bond acceptors (Lipinski definition) is 3. The third-order valence-corrected chi connectivity index (χ3v) is 3.33. The Morgan fingerprint density at radius 2 is 2.24 bits per heavy atom. The summed E-state index contributed by atoms with van der Waals surface area (Å²) in [5.74, 6) is -0.112. The van der Waals surface area contributed by atoms with Gasteiger partial charge in [0.25, 0.3) is 5.91 Å². The van der Waals surface area contributed by atoms with Crippen LogP contribution in [-0.2, 0) is 6.61 Å². The van der Waals surface area contributed by atoms with E-state index in [1.54, 1.807) is 12.1 Å². The van der Waals surface area contributed by atoms with Crippen LogP contribution in [0.2, 0.25) is 0 Å². The summed E-state index contributed by atoms with van der Waals surface area (Å²) in [6.07, 6.45) is 0. The number of amides is 1. The molecule has 2 aromatic rings. The number of anilines is 1. The summed E-state index contributed by atoms with van der Waals surface area (Å²) < 4.78 is 0. The van der Waals surface area contributed by atoms with Gasteiger partial charge < -0.3 is 10.4 Å². The van der Waals surface area contributed by atoms with E-state index in [0.717, 1.165) is 11.1 Å². The highest BCUT2D eigenvalue weighted by Gasteiger charge is 2.09.